The summed E-state index contributed by atoms with van der Waals surface area (Å²) in [6, 6.07) is 0.779. The van der Waals surface area contributed by atoms with E-state index >= 15 is 0 Å². The van der Waals surface area contributed by atoms with Crippen LogP contribution in [0.15, 0.2) is 12.4 Å². The molecule has 1 saturated carbocycles. The van der Waals surface area contributed by atoms with Crippen LogP contribution >= 0.6 is 0 Å². The Morgan fingerprint density at radius 2 is 2.05 bits per heavy atom. The van der Waals surface area contributed by atoms with Crippen LogP contribution < -0.4 is 5.32 Å². The van der Waals surface area contributed by atoms with Crippen molar-refractivity contribution in [3.8, 4) is 0 Å². The molecule has 21 heavy (non-hydrogen) atoms. The zero-order valence-corrected chi connectivity index (χ0v) is 12.2. The van der Waals surface area contributed by atoms with Gasteiger partial charge in [0.1, 0.15) is 0 Å². The number of carboxylic acids is 1. The number of aromatic nitrogens is 2. The molecular formula is C15H22N4O2. The number of nitrogens with one attached hydrogen (secondary N) is 1. The molecule has 2 aliphatic rings. The molecule has 2 N–H and O–H groups in total. The fourth-order valence-electron chi connectivity index (χ4n) is 3.50. The first-order valence-electron chi connectivity index (χ1n) is 7.76. The van der Waals surface area contributed by atoms with E-state index in [1.165, 1.54) is 51.0 Å². The number of carbonyl (C=O) groups is 1. The van der Waals surface area contributed by atoms with Gasteiger partial charge in [-0.15, -0.1) is 0 Å². The van der Waals surface area contributed by atoms with Crippen molar-refractivity contribution in [2.24, 2.45) is 5.92 Å². The van der Waals surface area contributed by atoms with E-state index in [9.17, 15) is 4.79 Å². The fraction of sp³-hybridized carbons (Fsp3) is 0.667. The van der Waals surface area contributed by atoms with E-state index < -0.39 is 5.97 Å². The molecule has 0 radical (unpaired) electrons. The molecular weight excluding hydrogens is 268 g/mol. The average molecular weight is 290 g/mol. The molecule has 1 aliphatic heterocycles. The number of hydrogen-bond acceptors (Lipinski definition) is 5. The molecule has 3 rings (SSSR count). The summed E-state index contributed by atoms with van der Waals surface area (Å²) >= 11 is 0. The topological polar surface area (TPSA) is 78.3 Å². The second-order valence-electron chi connectivity index (χ2n) is 6.03. The molecule has 6 nitrogen and oxygen atoms in total. The monoisotopic (exact) mass is 290 g/mol. The van der Waals surface area contributed by atoms with Crippen LogP contribution in [-0.4, -0.2) is 51.6 Å². The van der Waals surface area contributed by atoms with Gasteiger partial charge in [-0.2, -0.15) is 0 Å². The van der Waals surface area contributed by atoms with E-state index in [-0.39, 0.29) is 5.69 Å². The molecule has 114 valence electrons. The Bertz CT molecular complexity index is 502. The third-order valence-electron chi connectivity index (χ3n) is 4.62. The number of hydrogen-bond donors (Lipinski definition) is 2. The molecule has 0 amide bonds. The maximum Gasteiger partial charge on any atom is 0.358 e. The van der Waals surface area contributed by atoms with Crippen LogP contribution in [0.2, 0.25) is 0 Å². The number of likely N-dealkylation sites (tertiary alicyclic amines) is 1. The number of nitrogens with zero attached hydrogens (tertiary/aromatic N) is 3. The van der Waals surface area contributed by atoms with Crippen molar-refractivity contribution in [3.05, 3.63) is 18.1 Å². The highest BCUT2D eigenvalue weighted by molar-refractivity contribution is 5.90. The first kappa shape index (κ1) is 14.3. The Morgan fingerprint density at radius 1 is 1.29 bits per heavy atom. The molecule has 1 aromatic heterocycles. The second kappa shape index (κ2) is 6.39. The Morgan fingerprint density at radius 3 is 2.81 bits per heavy atom. The summed E-state index contributed by atoms with van der Waals surface area (Å²) in [6.07, 6.45) is 9.52. The Hall–Kier alpha value is -1.69. The normalized spacial score (nSPS) is 23.5. The van der Waals surface area contributed by atoms with Gasteiger partial charge in [-0.25, -0.2) is 14.8 Å². The lowest BCUT2D eigenvalue weighted by molar-refractivity contribution is 0.0691. The Kier molecular flexibility index (Phi) is 4.34. The van der Waals surface area contributed by atoms with Crippen molar-refractivity contribution in [2.75, 3.05) is 25.0 Å². The minimum absolute atomic E-state index is 0.00291. The summed E-state index contributed by atoms with van der Waals surface area (Å²) in [4.78, 5) is 21.7. The first-order valence-corrected chi connectivity index (χ1v) is 7.76. The first-order chi connectivity index (χ1) is 10.2. The largest absolute Gasteiger partial charge is 0.476 e. The van der Waals surface area contributed by atoms with Gasteiger partial charge in [-0.05, 0) is 31.7 Å². The Balaban J connectivity index is 1.53. The third kappa shape index (κ3) is 3.32. The quantitative estimate of drug-likeness (QED) is 0.861. The number of carboxylic acid groups (broad SMARTS) is 1. The van der Waals surface area contributed by atoms with Crippen molar-refractivity contribution in [3.63, 3.8) is 0 Å². The number of aromatic carboxylic acids is 1. The van der Waals surface area contributed by atoms with Crippen LogP contribution in [0.3, 0.4) is 0 Å². The number of rotatable bonds is 5. The zero-order chi connectivity index (χ0) is 14.7. The molecule has 1 aromatic rings. The molecule has 1 atom stereocenters. The fourth-order valence-corrected chi connectivity index (χ4v) is 3.50. The third-order valence-corrected chi connectivity index (χ3v) is 4.62. The highest BCUT2D eigenvalue weighted by atomic mass is 16.4. The van der Waals surface area contributed by atoms with Crippen molar-refractivity contribution in [1.82, 2.24) is 14.9 Å². The van der Waals surface area contributed by atoms with Crippen LogP contribution in [0, 0.1) is 5.92 Å². The standard InChI is InChI=1S/C15H22N4O2/c20-15(21)13-14(17-7-6-16-13)18-9-11-5-8-19(10-11)12-3-1-2-4-12/h6-7,11-12H,1-5,8-10H2,(H,17,18)(H,20,21). The summed E-state index contributed by atoms with van der Waals surface area (Å²) in [6.45, 7) is 3.05. The Labute approximate surface area is 124 Å². The summed E-state index contributed by atoms with van der Waals surface area (Å²) in [5.41, 5.74) is 0.00291. The SMILES string of the molecule is O=C(O)c1nccnc1NCC1CCN(C2CCCC2)C1. The predicted octanol–water partition coefficient (Wildman–Crippen LogP) is 1.85. The van der Waals surface area contributed by atoms with Crippen molar-refractivity contribution < 1.29 is 9.90 Å². The van der Waals surface area contributed by atoms with E-state index in [1.54, 1.807) is 0 Å². The molecule has 1 saturated heterocycles. The molecule has 0 bridgehead atoms. The molecule has 0 spiro atoms. The molecule has 6 heteroatoms. The van der Waals surface area contributed by atoms with E-state index in [0.29, 0.717) is 11.7 Å². The van der Waals surface area contributed by atoms with Gasteiger partial charge in [0.05, 0.1) is 0 Å². The van der Waals surface area contributed by atoms with Gasteiger partial charge in [-0.3, -0.25) is 0 Å². The lowest BCUT2D eigenvalue weighted by Crippen LogP contribution is -2.31. The molecule has 2 fully saturated rings. The zero-order valence-electron chi connectivity index (χ0n) is 12.2. The highest BCUT2D eigenvalue weighted by Crippen LogP contribution is 2.28. The van der Waals surface area contributed by atoms with E-state index in [2.05, 4.69) is 20.2 Å². The maximum absolute atomic E-state index is 11.1. The maximum atomic E-state index is 11.1. The second-order valence-corrected chi connectivity index (χ2v) is 6.03. The lowest BCUT2D eigenvalue weighted by Gasteiger charge is -2.23. The summed E-state index contributed by atoms with van der Waals surface area (Å²) in [5, 5.41) is 12.3. The van der Waals surface area contributed by atoms with Crippen LogP contribution in [-0.2, 0) is 0 Å². The molecule has 1 aliphatic carbocycles. The van der Waals surface area contributed by atoms with Gasteiger partial charge in [0.15, 0.2) is 11.5 Å². The van der Waals surface area contributed by atoms with Crippen molar-refractivity contribution >= 4 is 11.8 Å². The summed E-state index contributed by atoms with van der Waals surface area (Å²) in [7, 11) is 0. The van der Waals surface area contributed by atoms with E-state index in [4.69, 9.17) is 5.11 Å². The van der Waals surface area contributed by atoms with Crippen molar-refractivity contribution in [2.45, 2.75) is 38.1 Å². The molecule has 2 heterocycles. The van der Waals surface area contributed by atoms with Gasteiger partial charge in [-0.1, -0.05) is 12.8 Å². The lowest BCUT2D eigenvalue weighted by atomic mass is 10.1. The van der Waals surface area contributed by atoms with Gasteiger partial charge in [0.2, 0.25) is 0 Å². The molecule has 0 aromatic carbocycles. The van der Waals surface area contributed by atoms with Crippen LogP contribution in [0.5, 0.6) is 0 Å². The smallest absolute Gasteiger partial charge is 0.358 e. The summed E-state index contributed by atoms with van der Waals surface area (Å²) < 4.78 is 0. The van der Waals surface area contributed by atoms with Gasteiger partial charge in [0.25, 0.3) is 0 Å². The average Bonchev–Trinajstić information content (AvgIpc) is 3.16. The van der Waals surface area contributed by atoms with Crippen molar-refractivity contribution in [1.29, 1.82) is 0 Å². The van der Waals surface area contributed by atoms with E-state index in [0.717, 1.165) is 19.1 Å². The highest BCUT2D eigenvalue weighted by Gasteiger charge is 2.29. The molecule has 1 unspecified atom stereocenters. The van der Waals surface area contributed by atoms with Crippen LogP contribution in [0.1, 0.15) is 42.6 Å². The van der Waals surface area contributed by atoms with E-state index in [1.807, 2.05) is 0 Å². The minimum Gasteiger partial charge on any atom is -0.476 e. The predicted molar refractivity (Wildman–Crippen MR) is 79.4 cm³/mol. The van der Waals surface area contributed by atoms with Crippen LogP contribution in [0.25, 0.3) is 0 Å². The van der Waals surface area contributed by atoms with Crippen LogP contribution in [0.4, 0.5) is 5.82 Å². The van der Waals surface area contributed by atoms with Gasteiger partial charge >= 0.3 is 5.97 Å². The van der Waals surface area contributed by atoms with Gasteiger partial charge < -0.3 is 15.3 Å². The minimum atomic E-state index is -1.04. The van der Waals surface area contributed by atoms with Gasteiger partial charge in [0, 0.05) is 31.5 Å². The number of anilines is 1. The summed E-state index contributed by atoms with van der Waals surface area (Å²) in [5.74, 6) is -0.0943.